The van der Waals surface area contributed by atoms with Crippen LogP contribution in [-0.2, 0) is 0 Å². The van der Waals surface area contributed by atoms with Gasteiger partial charge in [0.15, 0.2) is 6.29 Å². The molecule has 3 rings (SSSR count). The van der Waals surface area contributed by atoms with Gasteiger partial charge in [-0.05, 0) is 35.9 Å². The van der Waals surface area contributed by atoms with Crippen molar-refractivity contribution in [1.82, 2.24) is 4.98 Å². The zero-order valence-corrected chi connectivity index (χ0v) is 17.2. The number of aldehydes is 1. The molecule has 1 aromatic heterocycles. The molecule has 0 fully saturated rings. The Balaban J connectivity index is 2.35. The molecule has 8 heteroatoms. The maximum Gasteiger partial charge on any atom is 0.150 e. The van der Waals surface area contributed by atoms with Gasteiger partial charge in [-0.15, -0.1) is 0 Å². The molecule has 0 spiro atoms. The molecule has 3 aromatic rings. The molecule has 2 nitrogen and oxygen atoms in total. The summed E-state index contributed by atoms with van der Waals surface area (Å²) in [5.41, 5.74) is 2.57. The lowest BCUT2D eigenvalue weighted by Crippen LogP contribution is -1.96. The summed E-state index contributed by atoms with van der Waals surface area (Å²) in [5.74, 6) is 0. The van der Waals surface area contributed by atoms with Gasteiger partial charge in [0.25, 0.3) is 0 Å². The highest BCUT2D eigenvalue weighted by Gasteiger charge is 2.18. The minimum Gasteiger partial charge on any atom is -0.298 e. The van der Waals surface area contributed by atoms with E-state index >= 15 is 0 Å². The molecular formula is C18H7Cl6NO. The Bertz CT molecular complexity index is 988. The third kappa shape index (κ3) is 3.68. The Morgan fingerprint density at radius 2 is 1.19 bits per heavy atom. The summed E-state index contributed by atoms with van der Waals surface area (Å²) in [6.07, 6.45) is 2.23. The van der Waals surface area contributed by atoms with Crippen molar-refractivity contribution in [1.29, 1.82) is 0 Å². The molecule has 0 aliphatic heterocycles. The summed E-state index contributed by atoms with van der Waals surface area (Å²) >= 11 is 36.6. The maximum atomic E-state index is 11.6. The van der Waals surface area contributed by atoms with Crippen LogP contribution in [0.15, 0.2) is 36.5 Å². The summed E-state index contributed by atoms with van der Waals surface area (Å²) in [6, 6.07) is 8.05. The molecule has 0 unspecified atom stereocenters. The third-order valence-electron chi connectivity index (χ3n) is 3.64. The first kappa shape index (κ1) is 19.8. The number of aromatic nitrogens is 1. The normalized spacial score (nSPS) is 10.8. The minimum absolute atomic E-state index is 0.229. The average Bonchev–Trinajstić information content (AvgIpc) is 2.62. The molecule has 0 amide bonds. The second-order valence-electron chi connectivity index (χ2n) is 5.25. The number of carbonyl (C=O) groups is 1. The highest BCUT2D eigenvalue weighted by molar-refractivity contribution is 6.49. The van der Waals surface area contributed by atoms with Gasteiger partial charge >= 0.3 is 0 Å². The first-order chi connectivity index (χ1) is 12.3. The van der Waals surface area contributed by atoms with Crippen LogP contribution in [0, 0.1) is 0 Å². The molecule has 2 aromatic carbocycles. The van der Waals surface area contributed by atoms with Crippen molar-refractivity contribution in [2.45, 2.75) is 0 Å². The van der Waals surface area contributed by atoms with Gasteiger partial charge in [-0.25, -0.2) is 0 Å². The van der Waals surface area contributed by atoms with Gasteiger partial charge in [0, 0.05) is 22.9 Å². The number of halogens is 6. The lowest BCUT2D eigenvalue weighted by atomic mass is 9.95. The predicted octanol–water partition coefficient (Wildman–Crippen LogP) is 8.15. The number of pyridine rings is 1. The van der Waals surface area contributed by atoms with Gasteiger partial charge in [-0.1, -0.05) is 69.6 Å². The molecule has 0 atom stereocenters. The van der Waals surface area contributed by atoms with Crippen molar-refractivity contribution in [2.24, 2.45) is 0 Å². The Morgan fingerprint density at radius 3 is 1.65 bits per heavy atom. The molecule has 0 N–H and O–H groups in total. The number of hydrogen-bond donors (Lipinski definition) is 0. The number of benzene rings is 2. The Morgan fingerprint density at radius 1 is 0.731 bits per heavy atom. The molecule has 26 heavy (non-hydrogen) atoms. The van der Waals surface area contributed by atoms with Crippen molar-refractivity contribution in [3.63, 3.8) is 0 Å². The van der Waals surface area contributed by atoms with Gasteiger partial charge < -0.3 is 0 Å². The van der Waals surface area contributed by atoms with Crippen LogP contribution in [0.2, 0.25) is 30.1 Å². The summed E-state index contributed by atoms with van der Waals surface area (Å²) in [7, 11) is 0. The van der Waals surface area contributed by atoms with E-state index < -0.39 is 0 Å². The van der Waals surface area contributed by atoms with Crippen molar-refractivity contribution in [3.8, 4) is 22.4 Å². The van der Waals surface area contributed by atoms with E-state index in [9.17, 15) is 4.79 Å². The van der Waals surface area contributed by atoms with Crippen LogP contribution in [0.3, 0.4) is 0 Å². The van der Waals surface area contributed by atoms with Crippen molar-refractivity contribution in [2.75, 3.05) is 0 Å². The van der Waals surface area contributed by atoms with Crippen LogP contribution >= 0.6 is 69.6 Å². The largest absolute Gasteiger partial charge is 0.298 e. The van der Waals surface area contributed by atoms with Crippen molar-refractivity contribution < 1.29 is 4.79 Å². The Hall–Kier alpha value is -1.000. The van der Waals surface area contributed by atoms with Crippen LogP contribution in [-0.4, -0.2) is 11.3 Å². The van der Waals surface area contributed by atoms with E-state index in [0.29, 0.717) is 27.9 Å². The molecule has 132 valence electrons. The molecule has 0 radical (unpaired) electrons. The van der Waals surface area contributed by atoms with Gasteiger partial charge in [-0.3, -0.25) is 9.78 Å². The summed E-state index contributed by atoms with van der Waals surface area (Å²) in [6.45, 7) is 0. The summed E-state index contributed by atoms with van der Waals surface area (Å²) in [4.78, 5) is 16.0. The molecule has 0 aliphatic rings. The second kappa shape index (κ2) is 7.93. The van der Waals surface area contributed by atoms with Crippen LogP contribution in [0.25, 0.3) is 22.4 Å². The highest BCUT2D eigenvalue weighted by Crippen LogP contribution is 2.41. The molecule has 1 heterocycles. The molecule has 0 bridgehead atoms. The first-order valence-corrected chi connectivity index (χ1v) is 9.34. The molecule has 0 aliphatic carbocycles. The molecule has 0 saturated heterocycles. The number of hydrogen-bond acceptors (Lipinski definition) is 2. The van der Waals surface area contributed by atoms with Crippen molar-refractivity contribution >= 4 is 75.9 Å². The average molecular weight is 466 g/mol. The van der Waals surface area contributed by atoms with Crippen LogP contribution in [0.1, 0.15) is 10.4 Å². The van der Waals surface area contributed by atoms with Crippen LogP contribution < -0.4 is 0 Å². The number of rotatable bonds is 3. The zero-order valence-electron chi connectivity index (χ0n) is 12.7. The van der Waals surface area contributed by atoms with Gasteiger partial charge in [0.1, 0.15) is 0 Å². The second-order valence-corrected chi connectivity index (χ2v) is 7.63. The van der Waals surface area contributed by atoms with Gasteiger partial charge in [0.2, 0.25) is 0 Å². The van der Waals surface area contributed by atoms with Gasteiger partial charge in [-0.2, -0.15) is 0 Å². The Labute approximate surface area is 179 Å². The fourth-order valence-corrected chi connectivity index (χ4v) is 3.68. The fourth-order valence-electron chi connectivity index (χ4n) is 2.49. The minimum atomic E-state index is 0.229. The Kier molecular flexibility index (Phi) is 6.03. The first-order valence-electron chi connectivity index (χ1n) is 7.07. The lowest BCUT2D eigenvalue weighted by Gasteiger charge is -2.14. The van der Waals surface area contributed by atoms with E-state index in [4.69, 9.17) is 69.6 Å². The molecular weight excluding hydrogens is 459 g/mol. The van der Waals surface area contributed by atoms with E-state index in [1.807, 2.05) is 0 Å². The topological polar surface area (TPSA) is 30.0 Å². The van der Waals surface area contributed by atoms with Crippen LogP contribution in [0.4, 0.5) is 0 Å². The van der Waals surface area contributed by atoms with E-state index in [1.54, 1.807) is 30.3 Å². The highest BCUT2D eigenvalue weighted by atomic mass is 35.5. The van der Waals surface area contributed by atoms with E-state index in [0.717, 1.165) is 6.29 Å². The fraction of sp³-hybridized carbons (Fsp3) is 0. The summed E-state index contributed by atoms with van der Waals surface area (Å²) < 4.78 is 0. The van der Waals surface area contributed by atoms with E-state index in [-0.39, 0.29) is 30.1 Å². The van der Waals surface area contributed by atoms with Crippen molar-refractivity contribution in [3.05, 3.63) is 72.2 Å². The SMILES string of the molecule is O=Cc1ccnc(-c2cc(Cl)c(Cl)c(Cl)c2)c1-c1cc(Cl)c(Cl)c(Cl)c1. The lowest BCUT2D eigenvalue weighted by molar-refractivity contribution is 0.112. The van der Waals surface area contributed by atoms with Gasteiger partial charge in [0.05, 0.1) is 35.8 Å². The number of carbonyl (C=O) groups excluding carboxylic acids is 1. The zero-order chi connectivity index (χ0) is 19.0. The number of nitrogens with zero attached hydrogens (tertiary/aromatic N) is 1. The van der Waals surface area contributed by atoms with E-state index in [1.165, 1.54) is 6.20 Å². The molecule has 0 saturated carbocycles. The summed E-state index contributed by atoms with van der Waals surface area (Å²) in [5, 5.41) is 1.52. The standard InChI is InChI=1S/C18H7Cl6NO/c19-11-3-9(4-12(20)16(11)23)15-8(7-26)1-2-25-18(15)10-5-13(21)17(24)14(22)6-10/h1-7H. The quantitative estimate of drug-likeness (QED) is 0.288. The third-order valence-corrected chi connectivity index (χ3v) is 6.03. The monoisotopic (exact) mass is 463 g/mol. The predicted molar refractivity (Wildman–Crippen MR) is 111 cm³/mol. The smallest absolute Gasteiger partial charge is 0.150 e. The van der Waals surface area contributed by atoms with E-state index in [2.05, 4.69) is 4.98 Å². The van der Waals surface area contributed by atoms with Crippen LogP contribution in [0.5, 0.6) is 0 Å². The maximum absolute atomic E-state index is 11.6.